The van der Waals surface area contributed by atoms with Crippen LogP contribution in [0.25, 0.3) is 0 Å². The lowest BCUT2D eigenvalue weighted by molar-refractivity contribution is -0.136. The van der Waals surface area contributed by atoms with E-state index in [1.807, 2.05) is 24.3 Å². The van der Waals surface area contributed by atoms with Crippen LogP contribution in [0.15, 0.2) is 24.3 Å². The van der Waals surface area contributed by atoms with Crippen LogP contribution >= 0.6 is 0 Å². The first-order valence-electron chi connectivity index (χ1n) is 9.38. The molecule has 7 nitrogen and oxygen atoms in total. The molecule has 0 aromatic heterocycles. The van der Waals surface area contributed by atoms with Crippen LogP contribution in [-0.4, -0.2) is 81.0 Å². The highest BCUT2D eigenvalue weighted by molar-refractivity contribution is 6.39. The number of amides is 2. The second-order valence-corrected chi connectivity index (χ2v) is 6.57. The van der Waals surface area contributed by atoms with E-state index in [4.69, 9.17) is 0 Å². The van der Waals surface area contributed by atoms with Gasteiger partial charge in [0.05, 0.1) is 0 Å². The van der Waals surface area contributed by atoms with E-state index < -0.39 is 11.8 Å². The van der Waals surface area contributed by atoms with Gasteiger partial charge in [-0.1, -0.05) is 13.8 Å². The van der Waals surface area contributed by atoms with Crippen LogP contribution in [0.4, 0.5) is 11.4 Å². The molecule has 0 saturated carbocycles. The van der Waals surface area contributed by atoms with E-state index in [0.717, 1.165) is 51.5 Å². The molecule has 1 saturated heterocycles. The first-order valence-corrected chi connectivity index (χ1v) is 9.38. The molecule has 144 valence electrons. The first kappa shape index (κ1) is 20.2. The van der Waals surface area contributed by atoms with Crippen molar-refractivity contribution in [2.45, 2.75) is 13.8 Å². The van der Waals surface area contributed by atoms with Crippen molar-refractivity contribution in [1.82, 2.24) is 15.1 Å². The van der Waals surface area contributed by atoms with Crippen LogP contribution in [-0.2, 0) is 9.59 Å². The van der Waals surface area contributed by atoms with E-state index in [0.29, 0.717) is 12.2 Å². The number of benzene rings is 1. The Hall–Kier alpha value is -2.12. The Kier molecular flexibility index (Phi) is 7.87. The third-order valence-corrected chi connectivity index (χ3v) is 4.81. The predicted octanol–water partition coefficient (Wildman–Crippen LogP) is 0.835. The first-order chi connectivity index (χ1) is 12.5. The van der Waals surface area contributed by atoms with Gasteiger partial charge in [0, 0.05) is 50.6 Å². The molecule has 1 aliphatic heterocycles. The van der Waals surface area contributed by atoms with Crippen molar-refractivity contribution in [2.24, 2.45) is 0 Å². The number of rotatable bonds is 7. The predicted molar refractivity (Wildman–Crippen MR) is 106 cm³/mol. The summed E-state index contributed by atoms with van der Waals surface area (Å²) < 4.78 is 0. The van der Waals surface area contributed by atoms with Gasteiger partial charge in [-0.3, -0.25) is 9.59 Å². The van der Waals surface area contributed by atoms with E-state index in [2.05, 4.69) is 46.2 Å². The zero-order chi connectivity index (χ0) is 18.9. The summed E-state index contributed by atoms with van der Waals surface area (Å²) in [5, 5.41) is 5.32. The molecule has 1 heterocycles. The van der Waals surface area contributed by atoms with Crippen LogP contribution in [0, 0.1) is 0 Å². The molecule has 0 atom stereocenters. The second-order valence-electron chi connectivity index (χ2n) is 6.57. The maximum absolute atomic E-state index is 12.0. The molecule has 2 amide bonds. The fourth-order valence-electron chi connectivity index (χ4n) is 2.96. The number of likely N-dealkylation sites (N-methyl/N-ethyl adjacent to an activating group) is 2. The number of piperazine rings is 1. The monoisotopic (exact) mass is 361 g/mol. The summed E-state index contributed by atoms with van der Waals surface area (Å²) in [5.74, 6) is -1.22. The average Bonchev–Trinajstić information content (AvgIpc) is 2.66. The molecular formula is C19H31N5O2. The van der Waals surface area contributed by atoms with Crippen LogP contribution in [0.3, 0.4) is 0 Å². The molecule has 2 N–H and O–H groups in total. The lowest BCUT2D eigenvalue weighted by atomic mass is 10.2. The van der Waals surface area contributed by atoms with Crippen LogP contribution in [0.2, 0.25) is 0 Å². The molecular weight excluding hydrogens is 330 g/mol. The number of hydrogen-bond donors (Lipinski definition) is 2. The Morgan fingerprint density at radius 1 is 1.00 bits per heavy atom. The summed E-state index contributed by atoms with van der Waals surface area (Å²) in [6.45, 7) is 11.3. The Labute approximate surface area is 156 Å². The maximum Gasteiger partial charge on any atom is 0.313 e. The molecule has 0 spiro atoms. The van der Waals surface area contributed by atoms with Crippen molar-refractivity contribution in [1.29, 1.82) is 0 Å². The summed E-state index contributed by atoms with van der Waals surface area (Å²) in [6.07, 6.45) is 0. The average molecular weight is 361 g/mol. The Bertz CT molecular complexity index is 578. The van der Waals surface area contributed by atoms with Crippen molar-refractivity contribution in [3.05, 3.63) is 24.3 Å². The number of nitrogens with one attached hydrogen (secondary N) is 2. The third-order valence-electron chi connectivity index (χ3n) is 4.81. The number of anilines is 2. The minimum Gasteiger partial charge on any atom is -0.369 e. The van der Waals surface area contributed by atoms with E-state index in [-0.39, 0.29) is 0 Å². The van der Waals surface area contributed by atoms with Gasteiger partial charge in [-0.05, 0) is 44.4 Å². The van der Waals surface area contributed by atoms with Gasteiger partial charge in [0.1, 0.15) is 0 Å². The highest BCUT2D eigenvalue weighted by Gasteiger charge is 2.16. The van der Waals surface area contributed by atoms with Crippen LogP contribution in [0.1, 0.15) is 13.8 Å². The number of nitrogens with zero attached hydrogens (tertiary/aromatic N) is 3. The minimum atomic E-state index is -0.628. The van der Waals surface area contributed by atoms with Crippen molar-refractivity contribution in [2.75, 3.05) is 69.6 Å². The second kappa shape index (κ2) is 10.1. The van der Waals surface area contributed by atoms with E-state index in [1.165, 1.54) is 0 Å². The van der Waals surface area contributed by atoms with Crippen LogP contribution < -0.4 is 15.5 Å². The minimum absolute atomic E-state index is 0.469. The van der Waals surface area contributed by atoms with Crippen LogP contribution in [0.5, 0.6) is 0 Å². The van der Waals surface area contributed by atoms with Gasteiger partial charge < -0.3 is 25.3 Å². The molecule has 0 radical (unpaired) electrons. The van der Waals surface area contributed by atoms with Gasteiger partial charge in [0.15, 0.2) is 0 Å². The largest absolute Gasteiger partial charge is 0.369 e. The Morgan fingerprint density at radius 2 is 1.62 bits per heavy atom. The highest BCUT2D eigenvalue weighted by Crippen LogP contribution is 2.19. The number of hydrogen-bond acceptors (Lipinski definition) is 5. The van der Waals surface area contributed by atoms with Gasteiger partial charge >= 0.3 is 11.8 Å². The fraction of sp³-hybridized carbons (Fsp3) is 0.579. The smallest absolute Gasteiger partial charge is 0.313 e. The lowest BCUT2D eigenvalue weighted by Crippen LogP contribution is -2.44. The molecule has 0 unspecified atom stereocenters. The van der Waals surface area contributed by atoms with E-state index >= 15 is 0 Å². The molecule has 0 aliphatic carbocycles. The van der Waals surface area contributed by atoms with E-state index in [1.54, 1.807) is 0 Å². The Balaban J connectivity index is 1.78. The summed E-state index contributed by atoms with van der Waals surface area (Å²) in [5.41, 5.74) is 1.77. The normalized spacial score (nSPS) is 15.2. The zero-order valence-corrected chi connectivity index (χ0v) is 16.1. The Morgan fingerprint density at radius 3 is 2.19 bits per heavy atom. The molecule has 0 bridgehead atoms. The van der Waals surface area contributed by atoms with Gasteiger partial charge in [-0.15, -0.1) is 0 Å². The van der Waals surface area contributed by atoms with Crippen molar-refractivity contribution in [3.8, 4) is 0 Å². The molecule has 1 fully saturated rings. The maximum atomic E-state index is 12.0. The fourth-order valence-corrected chi connectivity index (χ4v) is 2.96. The standard InChI is InChI=1S/C19H31N5O2/c1-4-23(5-2)11-10-20-18(25)19(26)21-16-6-8-17(9-7-16)24-14-12-22(3)13-15-24/h6-9H,4-5,10-15H2,1-3H3,(H,20,25)(H,21,26). The highest BCUT2D eigenvalue weighted by atomic mass is 16.2. The van der Waals surface area contributed by atoms with Gasteiger partial charge in [-0.2, -0.15) is 0 Å². The molecule has 2 rings (SSSR count). The molecule has 1 aromatic rings. The summed E-state index contributed by atoms with van der Waals surface area (Å²) in [4.78, 5) is 30.7. The quantitative estimate of drug-likeness (QED) is 0.705. The zero-order valence-electron chi connectivity index (χ0n) is 16.1. The number of carbonyl (C=O) groups excluding carboxylic acids is 2. The molecule has 1 aliphatic rings. The van der Waals surface area contributed by atoms with E-state index in [9.17, 15) is 9.59 Å². The number of carbonyl (C=O) groups is 2. The van der Waals surface area contributed by atoms with Crippen molar-refractivity contribution >= 4 is 23.2 Å². The summed E-state index contributed by atoms with van der Waals surface area (Å²) >= 11 is 0. The summed E-state index contributed by atoms with van der Waals surface area (Å²) in [7, 11) is 2.13. The molecule has 7 heteroatoms. The molecule has 26 heavy (non-hydrogen) atoms. The van der Waals surface area contributed by atoms with Crippen molar-refractivity contribution in [3.63, 3.8) is 0 Å². The summed E-state index contributed by atoms with van der Waals surface area (Å²) in [6, 6.07) is 7.65. The lowest BCUT2D eigenvalue weighted by Gasteiger charge is -2.34. The molecule has 1 aromatic carbocycles. The topological polar surface area (TPSA) is 67.9 Å². The van der Waals surface area contributed by atoms with Crippen molar-refractivity contribution < 1.29 is 9.59 Å². The third kappa shape index (κ3) is 6.00. The van der Waals surface area contributed by atoms with Gasteiger partial charge in [-0.25, -0.2) is 0 Å². The van der Waals surface area contributed by atoms with Gasteiger partial charge in [0.25, 0.3) is 0 Å². The van der Waals surface area contributed by atoms with Gasteiger partial charge in [0.2, 0.25) is 0 Å². The SMILES string of the molecule is CCN(CC)CCNC(=O)C(=O)Nc1ccc(N2CCN(C)CC2)cc1.